The highest BCUT2D eigenvalue weighted by Gasteiger charge is 2.40. The molecule has 0 amide bonds. The molecule has 13 heavy (non-hydrogen) atoms. The highest BCUT2D eigenvalue weighted by atomic mass is 16.5. The van der Waals surface area contributed by atoms with Gasteiger partial charge in [0.1, 0.15) is 0 Å². The van der Waals surface area contributed by atoms with E-state index in [1.165, 1.54) is 12.8 Å². The molecule has 1 aliphatic heterocycles. The molecule has 0 aliphatic carbocycles. The van der Waals surface area contributed by atoms with Gasteiger partial charge in [-0.3, -0.25) is 0 Å². The average molecular weight is 185 g/mol. The maximum Gasteiger partial charge on any atom is 0.0809 e. The summed E-state index contributed by atoms with van der Waals surface area (Å²) in [4.78, 5) is 0. The minimum atomic E-state index is -0.101. The van der Waals surface area contributed by atoms with Gasteiger partial charge in [0, 0.05) is 12.6 Å². The van der Waals surface area contributed by atoms with Crippen LogP contribution >= 0.6 is 0 Å². The van der Waals surface area contributed by atoms with Gasteiger partial charge in [0.25, 0.3) is 0 Å². The van der Waals surface area contributed by atoms with Crippen LogP contribution in [0, 0.1) is 5.41 Å². The summed E-state index contributed by atoms with van der Waals surface area (Å²) in [6.45, 7) is 9.57. The maximum absolute atomic E-state index is 6.23. The van der Waals surface area contributed by atoms with Gasteiger partial charge in [-0.1, -0.05) is 20.8 Å². The predicted octanol–water partition coefficient (Wildman–Crippen LogP) is 2.32. The van der Waals surface area contributed by atoms with Crippen molar-refractivity contribution in [1.29, 1.82) is 0 Å². The van der Waals surface area contributed by atoms with Gasteiger partial charge in [-0.25, -0.2) is 0 Å². The molecule has 1 heterocycles. The number of hydrogen-bond donors (Lipinski definition) is 1. The molecule has 2 heteroatoms. The Morgan fingerprint density at radius 1 is 1.31 bits per heavy atom. The fourth-order valence-corrected chi connectivity index (χ4v) is 2.12. The van der Waals surface area contributed by atoms with Gasteiger partial charge >= 0.3 is 0 Å². The minimum Gasteiger partial charge on any atom is -0.374 e. The summed E-state index contributed by atoms with van der Waals surface area (Å²) in [7, 11) is 0. The van der Waals surface area contributed by atoms with Crippen molar-refractivity contribution in [3.05, 3.63) is 0 Å². The van der Waals surface area contributed by atoms with Crippen LogP contribution in [0.15, 0.2) is 0 Å². The van der Waals surface area contributed by atoms with Crippen LogP contribution in [0.25, 0.3) is 0 Å². The molecular weight excluding hydrogens is 162 g/mol. The number of hydrogen-bond acceptors (Lipinski definition) is 2. The second-order valence-electron chi connectivity index (χ2n) is 5.46. The summed E-state index contributed by atoms with van der Waals surface area (Å²) in [6, 6.07) is 0.125. The first-order valence-corrected chi connectivity index (χ1v) is 5.26. The first-order chi connectivity index (χ1) is 5.86. The number of ether oxygens (including phenoxy) is 1. The summed E-state index contributed by atoms with van der Waals surface area (Å²) >= 11 is 0. The predicted molar refractivity (Wildman–Crippen MR) is 55.6 cm³/mol. The van der Waals surface area contributed by atoms with Crippen LogP contribution in [-0.2, 0) is 4.74 Å². The Morgan fingerprint density at radius 2 is 1.92 bits per heavy atom. The number of nitrogens with two attached hydrogens (primary N) is 1. The molecule has 1 fully saturated rings. The van der Waals surface area contributed by atoms with Gasteiger partial charge in [0.2, 0.25) is 0 Å². The summed E-state index contributed by atoms with van der Waals surface area (Å²) < 4.78 is 5.83. The Labute approximate surface area is 81.8 Å². The lowest BCUT2D eigenvalue weighted by molar-refractivity contribution is -0.101. The zero-order valence-electron chi connectivity index (χ0n) is 9.39. The van der Waals surface area contributed by atoms with Crippen molar-refractivity contribution >= 4 is 0 Å². The third-order valence-corrected chi connectivity index (χ3v) is 3.09. The fourth-order valence-electron chi connectivity index (χ4n) is 2.12. The molecule has 0 radical (unpaired) electrons. The zero-order valence-corrected chi connectivity index (χ0v) is 9.39. The molecule has 78 valence electrons. The molecule has 2 nitrogen and oxygen atoms in total. The van der Waals surface area contributed by atoms with Crippen molar-refractivity contribution in [2.24, 2.45) is 11.1 Å². The van der Waals surface area contributed by atoms with Gasteiger partial charge in [0.15, 0.2) is 0 Å². The van der Waals surface area contributed by atoms with Crippen LogP contribution < -0.4 is 5.73 Å². The molecule has 0 saturated carbocycles. The van der Waals surface area contributed by atoms with Crippen LogP contribution in [-0.4, -0.2) is 18.2 Å². The largest absolute Gasteiger partial charge is 0.374 e. The van der Waals surface area contributed by atoms with Crippen LogP contribution in [0.3, 0.4) is 0 Å². The molecule has 2 N–H and O–H groups in total. The monoisotopic (exact) mass is 185 g/mol. The van der Waals surface area contributed by atoms with E-state index in [0.717, 1.165) is 13.0 Å². The van der Waals surface area contributed by atoms with Gasteiger partial charge in [-0.2, -0.15) is 0 Å². The lowest BCUT2D eigenvalue weighted by atomic mass is 9.74. The molecule has 0 bridgehead atoms. The summed E-state index contributed by atoms with van der Waals surface area (Å²) in [5, 5.41) is 0. The van der Waals surface area contributed by atoms with Crippen molar-refractivity contribution in [1.82, 2.24) is 0 Å². The lowest BCUT2D eigenvalue weighted by Gasteiger charge is -2.44. The molecule has 1 aliphatic rings. The van der Waals surface area contributed by atoms with E-state index >= 15 is 0 Å². The standard InChI is InChI=1S/C11H23NO/c1-10(2,3)9(12)11(4)7-5-6-8-13-11/h9H,5-8,12H2,1-4H3. The van der Waals surface area contributed by atoms with Crippen LogP contribution in [0.5, 0.6) is 0 Å². The third-order valence-electron chi connectivity index (χ3n) is 3.09. The Morgan fingerprint density at radius 3 is 2.31 bits per heavy atom. The average Bonchev–Trinajstić information content (AvgIpc) is 2.03. The van der Waals surface area contributed by atoms with E-state index in [-0.39, 0.29) is 17.1 Å². The van der Waals surface area contributed by atoms with Crippen LogP contribution in [0.1, 0.15) is 47.0 Å². The van der Waals surface area contributed by atoms with E-state index in [1.54, 1.807) is 0 Å². The molecule has 0 aromatic heterocycles. The first kappa shape index (κ1) is 11.0. The van der Waals surface area contributed by atoms with Crippen molar-refractivity contribution in [2.75, 3.05) is 6.61 Å². The van der Waals surface area contributed by atoms with Gasteiger partial charge in [-0.15, -0.1) is 0 Å². The van der Waals surface area contributed by atoms with E-state index < -0.39 is 0 Å². The fraction of sp³-hybridized carbons (Fsp3) is 1.00. The zero-order chi connectivity index (χ0) is 10.1. The van der Waals surface area contributed by atoms with Crippen molar-refractivity contribution in [3.63, 3.8) is 0 Å². The van der Waals surface area contributed by atoms with Crippen molar-refractivity contribution in [2.45, 2.75) is 58.6 Å². The second-order valence-corrected chi connectivity index (χ2v) is 5.46. The van der Waals surface area contributed by atoms with Crippen molar-refractivity contribution < 1.29 is 4.74 Å². The van der Waals surface area contributed by atoms with E-state index in [4.69, 9.17) is 10.5 Å². The highest BCUT2D eigenvalue weighted by Crippen LogP contribution is 2.34. The van der Waals surface area contributed by atoms with Crippen LogP contribution in [0.4, 0.5) is 0 Å². The van der Waals surface area contributed by atoms with E-state index in [2.05, 4.69) is 27.7 Å². The molecule has 0 aromatic carbocycles. The van der Waals surface area contributed by atoms with Gasteiger partial charge < -0.3 is 10.5 Å². The summed E-state index contributed by atoms with van der Waals surface area (Å²) in [5.41, 5.74) is 6.27. The van der Waals surface area contributed by atoms with Crippen molar-refractivity contribution in [3.8, 4) is 0 Å². The minimum absolute atomic E-state index is 0.101. The molecule has 1 rings (SSSR count). The Bertz CT molecular complexity index is 165. The molecule has 0 spiro atoms. The summed E-state index contributed by atoms with van der Waals surface area (Å²) in [5.74, 6) is 0. The van der Waals surface area contributed by atoms with Gasteiger partial charge in [-0.05, 0) is 31.6 Å². The van der Waals surface area contributed by atoms with E-state index in [1.807, 2.05) is 0 Å². The van der Waals surface area contributed by atoms with E-state index in [9.17, 15) is 0 Å². The lowest BCUT2D eigenvalue weighted by Crippen LogP contribution is -2.55. The van der Waals surface area contributed by atoms with Gasteiger partial charge in [0.05, 0.1) is 5.60 Å². The summed E-state index contributed by atoms with van der Waals surface area (Å²) in [6.07, 6.45) is 3.54. The molecule has 1 saturated heterocycles. The Kier molecular flexibility index (Phi) is 3.03. The Hall–Kier alpha value is -0.0800. The second kappa shape index (κ2) is 3.58. The maximum atomic E-state index is 6.23. The SMILES string of the molecule is CC(C)(C)C(N)C1(C)CCCCO1. The third kappa shape index (κ3) is 2.44. The first-order valence-electron chi connectivity index (χ1n) is 5.26. The quantitative estimate of drug-likeness (QED) is 0.680. The smallest absolute Gasteiger partial charge is 0.0809 e. The Balaban J connectivity index is 2.67. The normalized spacial score (nSPS) is 33.0. The molecule has 0 aromatic rings. The topological polar surface area (TPSA) is 35.2 Å². The molecular formula is C11H23NO. The highest BCUT2D eigenvalue weighted by molar-refractivity contribution is 4.95. The van der Waals surface area contributed by atoms with E-state index in [0.29, 0.717) is 0 Å². The number of rotatable bonds is 1. The molecule has 2 atom stereocenters. The molecule has 2 unspecified atom stereocenters. The van der Waals surface area contributed by atoms with Crippen LogP contribution in [0.2, 0.25) is 0 Å².